The molecule has 0 saturated carbocycles. The molecule has 3 heteroatoms. The van der Waals surface area contributed by atoms with Gasteiger partial charge in [0.05, 0.1) is 0 Å². The first-order chi connectivity index (χ1) is 4.70. The molecule has 0 N–H and O–H groups in total. The van der Waals surface area contributed by atoms with Crippen molar-refractivity contribution in [2.45, 2.75) is 32.2 Å². The number of rotatable bonds is 1. The van der Waals surface area contributed by atoms with Crippen LogP contribution >= 0.6 is 0 Å². The van der Waals surface area contributed by atoms with Gasteiger partial charge in [-0.15, -0.1) is 0 Å². The van der Waals surface area contributed by atoms with Crippen molar-refractivity contribution >= 4 is 0 Å². The molecular weight excluding hydrogens is 130 g/mol. The van der Waals surface area contributed by atoms with Crippen molar-refractivity contribution in [1.82, 2.24) is 0 Å². The van der Waals surface area contributed by atoms with Gasteiger partial charge in [0.1, 0.15) is 0 Å². The molecule has 0 unspecified atom stereocenters. The maximum absolute atomic E-state index is 10.2. The fraction of sp³-hybridized carbons (Fsp3) is 0.714. The number of nitrogens with zero attached hydrogens (tertiary/aromatic N) is 1. The molecule has 0 aliphatic heterocycles. The Hall–Kier alpha value is -0.860. The van der Waals surface area contributed by atoms with Gasteiger partial charge in [0.15, 0.2) is 0 Å². The SMILES string of the molecule is CC1=CC[C@H]([N+](=O)[O-])CC1. The molecule has 0 radical (unpaired) electrons. The van der Waals surface area contributed by atoms with Gasteiger partial charge in [0, 0.05) is 17.8 Å². The summed E-state index contributed by atoms with van der Waals surface area (Å²) in [5, 5.41) is 10.2. The predicted molar refractivity (Wildman–Crippen MR) is 38.4 cm³/mol. The van der Waals surface area contributed by atoms with Crippen molar-refractivity contribution in [3.05, 3.63) is 21.8 Å². The second-order valence-electron chi connectivity index (χ2n) is 2.76. The van der Waals surface area contributed by atoms with Crippen LogP contribution in [0, 0.1) is 10.1 Å². The van der Waals surface area contributed by atoms with Gasteiger partial charge in [-0.3, -0.25) is 10.1 Å². The lowest BCUT2D eigenvalue weighted by atomic mass is 9.97. The van der Waals surface area contributed by atoms with Crippen LogP contribution in [-0.2, 0) is 0 Å². The van der Waals surface area contributed by atoms with E-state index in [0.717, 1.165) is 12.8 Å². The lowest BCUT2D eigenvalue weighted by Gasteiger charge is -2.12. The van der Waals surface area contributed by atoms with Gasteiger partial charge in [0.25, 0.3) is 0 Å². The second-order valence-corrected chi connectivity index (χ2v) is 2.76. The van der Waals surface area contributed by atoms with E-state index in [4.69, 9.17) is 0 Å². The highest BCUT2D eigenvalue weighted by atomic mass is 16.6. The number of nitro groups is 1. The van der Waals surface area contributed by atoms with E-state index in [1.54, 1.807) is 0 Å². The molecular formula is C7H11NO2. The summed E-state index contributed by atoms with van der Waals surface area (Å²) in [6, 6.07) is -0.316. The average molecular weight is 141 g/mol. The minimum absolute atomic E-state index is 0.178. The van der Waals surface area contributed by atoms with Crippen LogP contribution in [0.1, 0.15) is 26.2 Å². The van der Waals surface area contributed by atoms with Crippen LogP contribution < -0.4 is 0 Å². The molecule has 3 nitrogen and oxygen atoms in total. The summed E-state index contributed by atoms with van der Waals surface area (Å²) in [5.74, 6) is 0. The van der Waals surface area contributed by atoms with E-state index in [1.807, 2.05) is 13.0 Å². The highest BCUT2D eigenvalue weighted by molar-refractivity contribution is 5.02. The number of allylic oxidation sites excluding steroid dienone is 1. The first-order valence-corrected chi connectivity index (χ1v) is 3.49. The van der Waals surface area contributed by atoms with Crippen LogP contribution in [0.3, 0.4) is 0 Å². The average Bonchev–Trinajstić information content (AvgIpc) is 1.88. The molecule has 0 fully saturated rings. The van der Waals surface area contributed by atoms with Crippen molar-refractivity contribution in [2.75, 3.05) is 0 Å². The van der Waals surface area contributed by atoms with E-state index in [-0.39, 0.29) is 11.0 Å². The number of hydrogen-bond acceptors (Lipinski definition) is 2. The molecule has 1 atom stereocenters. The predicted octanol–water partition coefficient (Wildman–Crippen LogP) is 1.76. The van der Waals surface area contributed by atoms with E-state index in [9.17, 15) is 10.1 Å². The lowest BCUT2D eigenvalue weighted by Crippen LogP contribution is -2.20. The molecule has 0 aromatic carbocycles. The zero-order chi connectivity index (χ0) is 7.56. The van der Waals surface area contributed by atoms with Gasteiger partial charge in [-0.2, -0.15) is 0 Å². The van der Waals surface area contributed by atoms with Crippen LogP contribution in [-0.4, -0.2) is 11.0 Å². The van der Waals surface area contributed by atoms with E-state index in [2.05, 4.69) is 0 Å². The van der Waals surface area contributed by atoms with Crippen molar-refractivity contribution in [1.29, 1.82) is 0 Å². The second kappa shape index (κ2) is 2.82. The molecule has 56 valence electrons. The Labute approximate surface area is 59.9 Å². The molecule has 1 aliphatic rings. The van der Waals surface area contributed by atoms with Gasteiger partial charge in [-0.1, -0.05) is 11.6 Å². The third kappa shape index (κ3) is 1.56. The van der Waals surface area contributed by atoms with Crippen LogP contribution in [0.15, 0.2) is 11.6 Å². The smallest absolute Gasteiger partial charge is 0.216 e. The first kappa shape index (κ1) is 7.25. The van der Waals surface area contributed by atoms with E-state index >= 15 is 0 Å². The summed E-state index contributed by atoms with van der Waals surface area (Å²) in [6.07, 6.45) is 4.21. The summed E-state index contributed by atoms with van der Waals surface area (Å²) in [7, 11) is 0. The lowest BCUT2D eigenvalue weighted by molar-refractivity contribution is -0.523. The molecule has 0 aromatic heterocycles. The summed E-state index contributed by atoms with van der Waals surface area (Å²) < 4.78 is 0. The Morgan fingerprint density at radius 1 is 1.80 bits per heavy atom. The first-order valence-electron chi connectivity index (χ1n) is 3.49. The minimum atomic E-state index is -0.316. The summed E-state index contributed by atoms with van der Waals surface area (Å²) in [5.41, 5.74) is 1.29. The minimum Gasteiger partial charge on any atom is -0.264 e. The largest absolute Gasteiger partial charge is 0.264 e. The summed E-state index contributed by atoms with van der Waals surface area (Å²) in [4.78, 5) is 10.1. The quantitative estimate of drug-likeness (QED) is 0.317. The standard InChI is InChI=1S/C7H11NO2/c1-6-2-4-7(5-3-6)8(9)10/h2,7H,3-5H2,1H3/t7-/m0/s1. The molecule has 1 aliphatic carbocycles. The molecule has 0 saturated heterocycles. The number of hydrogen-bond donors (Lipinski definition) is 0. The topological polar surface area (TPSA) is 43.1 Å². The molecule has 0 amide bonds. The fourth-order valence-electron chi connectivity index (χ4n) is 1.14. The Bertz CT molecular complexity index is 174. The van der Waals surface area contributed by atoms with Crippen molar-refractivity contribution in [2.24, 2.45) is 0 Å². The zero-order valence-corrected chi connectivity index (χ0v) is 6.04. The third-order valence-corrected chi connectivity index (χ3v) is 1.91. The zero-order valence-electron chi connectivity index (χ0n) is 6.04. The van der Waals surface area contributed by atoms with Crippen molar-refractivity contribution < 1.29 is 4.92 Å². The normalized spacial score (nSPS) is 25.7. The Kier molecular flexibility index (Phi) is 2.04. The van der Waals surface area contributed by atoms with Gasteiger partial charge in [-0.25, -0.2) is 0 Å². The van der Waals surface area contributed by atoms with Crippen molar-refractivity contribution in [3.63, 3.8) is 0 Å². The Morgan fingerprint density at radius 2 is 2.50 bits per heavy atom. The molecule has 0 aromatic rings. The molecule has 0 bridgehead atoms. The summed E-state index contributed by atoms with van der Waals surface area (Å²) >= 11 is 0. The van der Waals surface area contributed by atoms with E-state index in [0.29, 0.717) is 6.42 Å². The van der Waals surface area contributed by atoms with Crippen molar-refractivity contribution in [3.8, 4) is 0 Å². The highest BCUT2D eigenvalue weighted by Gasteiger charge is 2.21. The Morgan fingerprint density at radius 3 is 2.90 bits per heavy atom. The van der Waals surface area contributed by atoms with E-state index < -0.39 is 0 Å². The summed E-state index contributed by atoms with van der Waals surface area (Å²) in [6.45, 7) is 2.02. The third-order valence-electron chi connectivity index (χ3n) is 1.91. The monoisotopic (exact) mass is 141 g/mol. The maximum atomic E-state index is 10.2. The van der Waals surface area contributed by atoms with Crippen LogP contribution in [0.5, 0.6) is 0 Å². The Balaban J connectivity index is 2.50. The highest BCUT2D eigenvalue weighted by Crippen LogP contribution is 2.18. The maximum Gasteiger partial charge on any atom is 0.216 e. The van der Waals surface area contributed by atoms with Gasteiger partial charge >= 0.3 is 0 Å². The van der Waals surface area contributed by atoms with E-state index in [1.165, 1.54) is 5.57 Å². The molecule has 1 rings (SSSR count). The van der Waals surface area contributed by atoms with Gasteiger partial charge < -0.3 is 0 Å². The van der Waals surface area contributed by atoms with Crippen LogP contribution in [0.25, 0.3) is 0 Å². The molecule has 0 spiro atoms. The molecule has 10 heavy (non-hydrogen) atoms. The van der Waals surface area contributed by atoms with Crippen LogP contribution in [0.2, 0.25) is 0 Å². The molecule has 0 heterocycles. The van der Waals surface area contributed by atoms with Crippen LogP contribution in [0.4, 0.5) is 0 Å². The van der Waals surface area contributed by atoms with Gasteiger partial charge in [0.2, 0.25) is 6.04 Å². The van der Waals surface area contributed by atoms with Gasteiger partial charge in [-0.05, 0) is 13.3 Å². The fourth-order valence-corrected chi connectivity index (χ4v) is 1.14.